The van der Waals surface area contributed by atoms with E-state index in [0.29, 0.717) is 0 Å². The first-order valence-corrected chi connectivity index (χ1v) is 4.73. The van der Waals surface area contributed by atoms with Crippen LogP contribution in [0.3, 0.4) is 0 Å². The van der Waals surface area contributed by atoms with Crippen molar-refractivity contribution in [2.24, 2.45) is 5.73 Å². The largest absolute Gasteiger partial charge is 0.394 e. The minimum atomic E-state index is -1.05. The third-order valence-corrected chi connectivity index (χ3v) is 1.83. The summed E-state index contributed by atoms with van der Waals surface area (Å²) >= 11 is 0. The van der Waals surface area contributed by atoms with Crippen LogP contribution in [-0.2, 0) is 0 Å². The predicted molar refractivity (Wildman–Crippen MR) is 56.0 cm³/mol. The van der Waals surface area contributed by atoms with Gasteiger partial charge in [0, 0.05) is 6.54 Å². The molecule has 2 amide bonds. The maximum Gasteiger partial charge on any atom is 0.271 e. The van der Waals surface area contributed by atoms with E-state index in [1.807, 2.05) is 0 Å². The molecule has 0 saturated heterocycles. The van der Waals surface area contributed by atoms with Crippen LogP contribution in [0.5, 0.6) is 0 Å². The number of nitrogens with zero attached hydrogens (tertiary/aromatic N) is 2. The number of aliphatic hydroxyl groups excluding tert-OH is 2. The SMILES string of the molecule is NC(=O)c1cncc(C(=O)NCC(O)CO)n1. The van der Waals surface area contributed by atoms with Gasteiger partial charge in [0.2, 0.25) is 0 Å². The Morgan fingerprint density at radius 1 is 1.41 bits per heavy atom. The van der Waals surface area contributed by atoms with Crippen LogP contribution in [0.1, 0.15) is 21.0 Å². The second-order valence-corrected chi connectivity index (χ2v) is 3.20. The van der Waals surface area contributed by atoms with Gasteiger partial charge in [0.05, 0.1) is 25.1 Å². The average molecular weight is 240 g/mol. The van der Waals surface area contributed by atoms with Crippen molar-refractivity contribution in [2.45, 2.75) is 6.10 Å². The number of nitrogens with one attached hydrogen (secondary N) is 1. The van der Waals surface area contributed by atoms with Gasteiger partial charge in [-0.25, -0.2) is 4.98 Å². The molecule has 0 aliphatic carbocycles. The molecule has 0 bridgehead atoms. The van der Waals surface area contributed by atoms with Crippen LogP contribution < -0.4 is 11.1 Å². The lowest BCUT2D eigenvalue weighted by Gasteiger charge is -2.08. The number of aromatic nitrogens is 2. The maximum absolute atomic E-state index is 11.5. The molecular weight excluding hydrogens is 228 g/mol. The molecule has 0 spiro atoms. The molecule has 8 heteroatoms. The minimum absolute atomic E-state index is 0.0913. The summed E-state index contributed by atoms with van der Waals surface area (Å²) in [4.78, 5) is 29.6. The first-order chi connectivity index (χ1) is 8.04. The van der Waals surface area contributed by atoms with Gasteiger partial charge in [0.1, 0.15) is 11.4 Å². The van der Waals surface area contributed by atoms with Gasteiger partial charge in [-0.05, 0) is 0 Å². The van der Waals surface area contributed by atoms with Crippen molar-refractivity contribution in [3.63, 3.8) is 0 Å². The summed E-state index contributed by atoms with van der Waals surface area (Å²) in [6.07, 6.45) is 1.25. The molecule has 0 aromatic carbocycles. The van der Waals surface area contributed by atoms with E-state index in [4.69, 9.17) is 15.9 Å². The summed E-state index contributed by atoms with van der Waals surface area (Å²) in [5.74, 6) is -1.41. The highest BCUT2D eigenvalue weighted by atomic mass is 16.3. The highest BCUT2D eigenvalue weighted by molar-refractivity contribution is 5.95. The van der Waals surface area contributed by atoms with E-state index in [9.17, 15) is 9.59 Å². The first-order valence-electron chi connectivity index (χ1n) is 4.73. The topological polar surface area (TPSA) is 138 Å². The molecule has 8 nitrogen and oxygen atoms in total. The molecule has 1 rings (SSSR count). The zero-order valence-electron chi connectivity index (χ0n) is 8.83. The monoisotopic (exact) mass is 240 g/mol. The van der Waals surface area contributed by atoms with E-state index < -0.39 is 24.5 Å². The average Bonchev–Trinajstić information content (AvgIpc) is 2.35. The molecule has 17 heavy (non-hydrogen) atoms. The second kappa shape index (κ2) is 5.87. The van der Waals surface area contributed by atoms with Crippen molar-refractivity contribution in [1.29, 1.82) is 0 Å². The fourth-order valence-corrected chi connectivity index (χ4v) is 0.960. The van der Waals surface area contributed by atoms with Crippen LogP contribution in [0.25, 0.3) is 0 Å². The molecule has 1 aromatic heterocycles. The standard InChI is InChI=1S/C9H12N4O4/c10-8(16)6-2-11-3-7(13-6)9(17)12-1-5(15)4-14/h2-3,5,14-15H,1,4H2,(H2,10,16)(H,12,17). The molecule has 1 unspecified atom stereocenters. The van der Waals surface area contributed by atoms with E-state index in [1.165, 1.54) is 0 Å². The maximum atomic E-state index is 11.5. The smallest absolute Gasteiger partial charge is 0.271 e. The summed E-state index contributed by atoms with van der Waals surface area (Å²) in [7, 11) is 0. The van der Waals surface area contributed by atoms with Crippen LogP contribution in [0.15, 0.2) is 12.4 Å². The van der Waals surface area contributed by atoms with Crippen LogP contribution >= 0.6 is 0 Å². The number of carbonyl (C=O) groups is 2. The Morgan fingerprint density at radius 3 is 2.65 bits per heavy atom. The van der Waals surface area contributed by atoms with E-state index in [-0.39, 0.29) is 17.9 Å². The molecule has 1 heterocycles. The number of carbonyl (C=O) groups excluding carboxylic acids is 2. The van der Waals surface area contributed by atoms with Gasteiger partial charge in [0.15, 0.2) is 0 Å². The van der Waals surface area contributed by atoms with Crippen LogP contribution in [0.2, 0.25) is 0 Å². The highest BCUT2D eigenvalue weighted by Gasteiger charge is 2.12. The van der Waals surface area contributed by atoms with Gasteiger partial charge >= 0.3 is 0 Å². The fraction of sp³-hybridized carbons (Fsp3) is 0.333. The highest BCUT2D eigenvalue weighted by Crippen LogP contribution is 1.95. The summed E-state index contributed by atoms with van der Waals surface area (Å²) in [6, 6.07) is 0. The van der Waals surface area contributed by atoms with E-state index in [0.717, 1.165) is 12.4 Å². The Hall–Kier alpha value is -2.06. The Balaban J connectivity index is 2.69. The molecule has 1 atom stereocenters. The number of hydrogen-bond acceptors (Lipinski definition) is 6. The molecule has 0 fully saturated rings. The lowest BCUT2D eigenvalue weighted by atomic mass is 10.3. The van der Waals surface area contributed by atoms with Crippen molar-refractivity contribution in [3.05, 3.63) is 23.8 Å². The number of nitrogens with two attached hydrogens (primary N) is 1. The van der Waals surface area contributed by atoms with Gasteiger partial charge in [-0.1, -0.05) is 0 Å². The third-order valence-electron chi connectivity index (χ3n) is 1.83. The van der Waals surface area contributed by atoms with E-state index >= 15 is 0 Å². The zero-order valence-corrected chi connectivity index (χ0v) is 8.83. The molecule has 92 valence electrons. The van der Waals surface area contributed by atoms with Gasteiger partial charge in [-0.2, -0.15) is 0 Å². The molecule has 0 radical (unpaired) electrons. The lowest BCUT2D eigenvalue weighted by Crippen LogP contribution is -2.34. The lowest BCUT2D eigenvalue weighted by molar-refractivity contribution is 0.0798. The minimum Gasteiger partial charge on any atom is -0.394 e. The van der Waals surface area contributed by atoms with Gasteiger partial charge in [-0.15, -0.1) is 0 Å². The fourth-order valence-electron chi connectivity index (χ4n) is 0.960. The Labute approximate surface area is 96.5 Å². The molecule has 0 saturated carbocycles. The van der Waals surface area contributed by atoms with Crippen molar-refractivity contribution in [3.8, 4) is 0 Å². The van der Waals surface area contributed by atoms with E-state index in [2.05, 4.69) is 15.3 Å². The molecule has 1 aromatic rings. The predicted octanol–water partition coefficient (Wildman–Crippen LogP) is -2.34. The Kier molecular flexibility index (Phi) is 4.49. The number of amides is 2. The van der Waals surface area contributed by atoms with E-state index in [1.54, 1.807) is 0 Å². The molecular formula is C9H12N4O4. The van der Waals surface area contributed by atoms with Crippen molar-refractivity contribution < 1.29 is 19.8 Å². The summed E-state index contributed by atoms with van der Waals surface area (Å²) in [6.45, 7) is -0.592. The first kappa shape index (κ1) is 13.0. The molecule has 0 aliphatic heterocycles. The molecule has 0 aliphatic rings. The third kappa shape index (κ3) is 3.78. The summed E-state index contributed by atoms with van der Waals surface area (Å²) in [5.41, 5.74) is 4.76. The summed E-state index contributed by atoms with van der Waals surface area (Å²) < 4.78 is 0. The van der Waals surface area contributed by atoms with Crippen LogP contribution in [0.4, 0.5) is 0 Å². The number of hydrogen-bond donors (Lipinski definition) is 4. The van der Waals surface area contributed by atoms with Gasteiger partial charge in [-0.3, -0.25) is 14.6 Å². The zero-order chi connectivity index (χ0) is 12.8. The van der Waals surface area contributed by atoms with Crippen LogP contribution in [-0.4, -0.2) is 51.3 Å². The van der Waals surface area contributed by atoms with Gasteiger partial charge in [0.25, 0.3) is 11.8 Å². The number of aliphatic hydroxyl groups is 2. The number of rotatable bonds is 5. The quantitative estimate of drug-likeness (QED) is 0.455. The Bertz CT molecular complexity index is 423. The Morgan fingerprint density at radius 2 is 2.06 bits per heavy atom. The normalized spacial score (nSPS) is 11.9. The summed E-state index contributed by atoms with van der Waals surface area (Å²) in [5, 5.41) is 19.9. The van der Waals surface area contributed by atoms with Crippen LogP contribution in [0, 0.1) is 0 Å². The number of primary amides is 1. The van der Waals surface area contributed by atoms with Crippen molar-refractivity contribution >= 4 is 11.8 Å². The van der Waals surface area contributed by atoms with Crippen molar-refractivity contribution in [2.75, 3.05) is 13.2 Å². The second-order valence-electron chi connectivity index (χ2n) is 3.20. The van der Waals surface area contributed by atoms with Crippen molar-refractivity contribution in [1.82, 2.24) is 15.3 Å². The molecule has 5 N–H and O–H groups in total. The van der Waals surface area contributed by atoms with Gasteiger partial charge < -0.3 is 21.3 Å².